The van der Waals surface area contributed by atoms with Gasteiger partial charge in [0.15, 0.2) is 5.78 Å². The topological polar surface area (TPSA) is 32.9 Å². The van der Waals surface area contributed by atoms with Gasteiger partial charge in [-0.05, 0) is 36.6 Å². The summed E-state index contributed by atoms with van der Waals surface area (Å²) in [5.41, 5.74) is 3.20. The molecule has 0 saturated heterocycles. The summed E-state index contributed by atoms with van der Waals surface area (Å²) in [5.74, 6) is -0.0774. The molecule has 0 aliphatic heterocycles. The fourth-order valence-electron chi connectivity index (χ4n) is 2.79. The Bertz CT molecular complexity index is 831. The van der Waals surface area contributed by atoms with Crippen LogP contribution in [-0.2, 0) is 0 Å². The van der Waals surface area contributed by atoms with Crippen LogP contribution < -0.4 is 0 Å². The third-order valence-electron chi connectivity index (χ3n) is 4.02. The second-order valence-corrected chi connectivity index (χ2v) is 5.57. The Morgan fingerprint density at radius 2 is 1.86 bits per heavy atom. The molecular formula is C18H14FNO. The van der Waals surface area contributed by atoms with Gasteiger partial charge >= 0.3 is 0 Å². The average molecular weight is 279 g/mol. The van der Waals surface area contributed by atoms with Crippen molar-refractivity contribution < 1.29 is 9.18 Å². The Balaban J connectivity index is 2.01. The number of aromatic nitrogens is 1. The van der Waals surface area contributed by atoms with E-state index in [0.717, 1.165) is 29.6 Å². The zero-order valence-electron chi connectivity index (χ0n) is 11.4. The molecule has 1 N–H and O–H groups in total. The van der Waals surface area contributed by atoms with Crippen molar-refractivity contribution in [3.05, 3.63) is 59.9 Å². The first-order valence-corrected chi connectivity index (χ1v) is 7.15. The molecule has 0 bridgehead atoms. The first kappa shape index (κ1) is 12.3. The molecule has 0 atom stereocenters. The Morgan fingerprint density at radius 3 is 2.57 bits per heavy atom. The summed E-state index contributed by atoms with van der Waals surface area (Å²) in [6.45, 7) is 0. The van der Waals surface area contributed by atoms with Gasteiger partial charge in [-0.25, -0.2) is 4.39 Å². The van der Waals surface area contributed by atoms with Crippen molar-refractivity contribution in [3.8, 4) is 11.3 Å². The molecule has 21 heavy (non-hydrogen) atoms. The van der Waals surface area contributed by atoms with E-state index in [2.05, 4.69) is 4.98 Å². The molecule has 3 heteroatoms. The van der Waals surface area contributed by atoms with Gasteiger partial charge in [0, 0.05) is 16.8 Å². The lowest BCUT2D eigenvalue weighted by Gasteiger charge is -2.03. The van der Waals surface area contributed by atoms with Crippen LogP contribution in [0.3, 0.4) is 0 Å². The van der Waals surface area contributed by atoms with Crippen LogP contribution >= 0.6 is 0 Å². The van der Waals surface area contributed by atoms with Gasteiger partial charge in [0.2, 0.25) is 0 Å². The third kappa shape index (κ3) is 2.05. The molecule has 1 saturated carbocycles. The smallest absolute Gasteiger partial charge is 0.168 e. The number of ketones is 1. The molecular weight excluding hydrogens is 265 g/mol. The second-order valence-electron chi connectivity index (χ2n) is 5.57. The Labute approximate surface area is 121 Å². The van der Waals surface area contributed by atoms with E-state index in [1.807, 2.05) is 30.3 Å². The van der Waals surface area contributed by atoms with Gasteiger partial charge in [-0.15, -0.1) is 0 Å². The van der Waals surface area contributed by atoms with Crippen molar-refractivity contribution in [2.45, 2.75) is 12.8 Å². The molecule has 1 fully saturated rings. The second kappa shape index (κ2) is 4.55. The number of nitrogens with one attached hydrogen (secondary N) is 1. The molecule has 2 nitrogen and oxygen atoms in total. The zero-order valence-corrected chi connectivity index (χ0v) is 11.4. The fraction of sp³-hybridized carbons (Fsp3) is 0.167. The van der Waals surface area contributed by atoms with Gasteiger partial charge < -0.3 is 4.98 Å². The molecule has 0 spiro atoms. The van der Waals surface area contributed by atoms with E-state index in [0.29, 0.717) is 10.9 Å². The minimum atomic E-state index is -0.314. The minimum absolute atomic E-state index is 0.106. The fourth-order valence-corrected chi connectivity index (χ4v) is 2.79. The monoisotopic (exact) mass is 279 g/mol. The Hall–Kier alpha value is -2.42. The van der Waals surface area contributed by atoms with Crippen LogP contribution in [0.2, 0.25) is 0 Å². The van der Waals surface area contributed by atoms with E-state index >= 15 is 0 Å². The van der Waals surface area contributed by atoms with Crippen LogP contribution in [0, 0.1) is 11.7 Å². The quantitative estimate of drug-likeness (QED) is 0.700. The number of benzene rings is 2. The molecule has 2 aromatic carbocycles. The van der Waals surface area contributed by atoms with E-state index in [1.165, 1.54) is 12.1 Å². The predicted octanol–water partition coefficient (Wildman–Crippen LogP) is 4.57. The minimum Gasteiger partial charge on any atom is -0.354 e. The van der Waals surface area contributed by atoms with Crippen LogP contribution in [0.1, 0.15) is 23.2 Å². The van der Waals surface area contributed by atoms with Gasteiger partial charge in [-0.3, -0.25) is 4.79 Å². The van der Waals surface area contributed by atoms with Crippen LogP contribution in [0.4, 0.5) is 4.39 Å². The van der Waals surface area contributed by atoms with Gasteiger partial charge in [-0.1, -0.05) is 30.3 Å². The number of carbonyl (C=O) groups excluding carboxylic acids is 1. The highest BCUT2D eigenvalue weighted by Gasteiger charge is 2.33. The van der Waals surface area contributed by atoms with Crippen molar-refractivity contribution in [2.24, 2.45) is 5.92 Å². The van der Waals surface area contributed by atoms with E-state index in [-0.39, 0.29) is 17.5 Å². The number of halogens is 1. The molecule has 3 aromatic rings. The molecule has 0 unspecified atom stereocenters. The molecule has 1 heterocycles. The van der Waals surface area contributed by atoms with Gasteiger partial charge in [0.1, 0.15) is 5.82 Å². The molecule has 0 amide bonds. The average Bonchev–Trinajstić information content (AvgIpc) is 3.28. The summed E-state index contributed by atoms with van der Waals surface area (Å²) < 4.78 is 13.6. The molecule has 4 rings (SSSR count). The maximum atomic E-state index is 13.6. The number of H-pyrrole nitrogens is 1. The van der Waals surface area contributed by atoms with Gasteiger partial charge in [0.25, 0.3) is 0 Å². The summed E-state index contributed by atoms with van der Waals surface area (Å²) in [5, 5.41) is 0.686. The lowest BCUT2D eigenvalue weighted by atomic mass is 9.99. The van der Waals surface area contributed by atoms with Crippen molar-refractivity contribution >= 4 is 16.7 Å². The maximum Gasteiger partial charge on any atom is 0.168 e. The highest BCUT2D eigenvalue weighted by Crippen LogP contribution is 2.39. The Morgan fingerprint density at radius 1 is 1.10 bits per heavy atom. The predicted molar refractivity (Wildman–Crippen MR) is 80.7 cm³/mol. The number of hydrogen-bond donors (Lipinski definition) is 1. The number of aromatic amines is 1. The lowest BCUT2D eigenvalue weighted by molar-refractivity contribution is 0.0970. The highest BCUT2D eigenvalue weighted by molar-refractivity contribution is 6.14. The van der Waals surface area contributed by atoms with Crippen LogP contribution in [0.25, 0.3) is 22.2 Å². The SMILES string of the molecule is O=C(c1c(-c2ccccc2)[nH]c2ccc(F)cc12)C1CC1. The van der Waals surface area contributed by atoms with Crippen molar-refractivity contribution in [3.63, 3.8) is 0 Å². The number of fused-ring (bicyclic) bond motifs is 1. The van der Waals surface area contributed by atoms with Crippen molar-refractivity contribution in [1.82, 2.24) is 4.98 Å². The number of rotatable bonds is 3. The van der Waals surface area contributed by atoms with Crippen LogP contribution in [0.5, 0.6) is 0 Å². The maximum absolute atomic E-state index is 13.6. The van der Waals surface area contributed by atoms with Crippen LogP contribution in [-0.4, -0.2) is 10.8 Å². The number of carbonyl (C=O) groups is 1. The summed E-state index contributed by atoms with van der Waals surface area (Å²) >= 11 is 0. The lowest BCUT2D eigenvalue weighted by Crippen LogP contribution is -2.02. The standard InChI is InChI=1S/C18H14FNO/c19-13-8-9-15-14(10-13)16(18(21)12-6-7-12)17(20-15)11-4-2-1-3-5-11/h1-5,8-10,12,20H,6-7H2. The number of hydrogen-bond acceptors (Lipinski definition) is 1. The molecule has 104 valence electrons. The highest BCUT2D eigenvalue weighted by atomic mass is 19.1. The zero-order chi connectivity index (χ0) is 14.4. The Kier molecular flexibility index (Phi) is 2.67. The van der Waals surface area contributed by atoms with Crippen molar-refractivity contribution in [2.75, 3.05) is 0 Å². The molecule has 0 radical (unpaired) electrons. The van der Waals surface area contributed by atoms with E-state index in [1.54, 1.807) is 6.07 Å². The van der Waals surface area contributed by atoms with Crippen molar-refractivity contribution in [1.29, 1.82) is 0 Å². The summed E-state index contributed by atoms with van der Waals surface area (Å²) in [6, 6.07) is 14.3. The first-order chi connectivity index (χ1) is 10.2. The van der Waals surface area contributed by atoms with Gasteiger partial charge in [0.05, 0.1) is 11.3 Å². The van der Waals surface area contributed by atoms with E-state index < -0.39 is 0 Å². The molecule has 1 aliphatic carbocycles. The third-order valence-corrected chi connectivity index (χ3v) is 4.02. The summed E-state index contributed by atoms with van der Waals surface area (Å²) in [6.07, 6.45) is 1.88. The molecule has 1 aliphatic rings. The van der Waals surface area contributed by atoms with E-state index in [9.17, 15) is 9.18 Å². The molecule has 1 aromatic heterocycles. The normalized spacial score (nSPS) is 14.5. The van der Waals surface area contributed by atoms with Gasteiger partial charge in [-0.2, -0.15) is 0 Å². The van der Waals surface area contributed by atoms with E-state index in [4.69, 9.17) is 0 Å². The van der Waals surface area contributed by atoms with Crippen LogP contribution in [0.15, 0.2) is 48.5 Å². The largest absolute Gasteiger partial charge is 0.354 e. The summed E-state index contributed by atoms with van der Waals surface area (Å²) in [4.78, 5) is 15.9. The number of Topliss-reactive ketones (excluding diaryl/α,β-unsaturated/α-hetero) is 1. The summed E-state index contributed by atoms with van der Waals surface area (Å²) in [7, 11) is 0. The first-order valence-electron chi connectivity index (χ1n) is 7.15.